The maximum Gasteiger partial charge on any atom is 0.418 e. The predicted octanol–water partition coefficient (Wildman–Crippen LogP) is 5.65. The van der Waals surface area contributed by atoms with E-state index in [1.807, 2.05) is 11.9 Å². The van der Waals surface area contributed by atoms with Crippen LogP contribution >= 0.6 is 0 Å². The Hall–Kier alpha value is -4.53. The van der Waals surface area contributed by atoms with Crippen LogP contribution in [0.15, 0.2) is 30.9 Å². The lowest BCUT2D eigenvalue weighted by Crippen LogP contribution is -2.37. The zero-order valence-electron chi connectivity index (χ0n) is 25.7. The van der Waals surface area contributed by atoms with Crippen LogP contribution in [-0.2, 0) is 15.7 Å². The number of hydrogen-bond donors (Lipinski definition) is 3. The topological polar surface area (TPSA) is 151 Å². The molecule has 0 saturated heterocycles. The summed E-state index contributed by atoms with van der Waals surface area (Å²) < 4.78 is 49.2. The SMILES string of the molecule is COCC1(CN(C)c2cc(-c3cnc(C4CC4)c(C(F)(F)F)c3)nc3nc(NC(=O)c4cn(C(C)C(=O)O)cn4)[nH]c23)CCCC1. The van der Waals surface area contributed by atoms with Gasteiger partial charge in [0.15, 0.2) is 5.65 Å². The van der Waals surface area contributed by atoms with Crippen molar-refractivity contribution in [3.05, 3.63) is 47.8 Å². The van der Waals surface area contributed by atoms with E-state index in [9.17, 15) is 27.9 Å². The van der Waals surface area contributed by atoms with Gasteiger partial charge in [0.1, 0.15) is 17.3 Å². The number of carboxylic acids is 1. The third-order valence-electron chi connectivity index (χ3n) is 8.89. The molecule has 0 radical (unpaired) electrons. The molecule has 2 saturated carbocycles. The molecule has 0 spiro atoms. The summed E-state index contributed by atoms with van der Waals surface area (Å²) in [5.41, 5.74) is 0.934. The molecule has 2 fully saturated rings. The van der Waals surface area contributed by atoms with Crippen molar-refractivity contribution in [2.24, 2.45) is 5.41 Å². The minimum atomic E-state index is -4.57. The van der Waals surface area contributed by atoms with E-state index in [0.29, 0.717) is 37.2 Å². The number of anilines is 2. The summed E-state index contributed by atoms with van der Waals surface area (Å²) in [6, 6.07) is 1.89. The Morgan fingerprint density at radius 1 is 1.22 bits per heavy atom. The number of halogens is 3. The van der Waals surface area contributed by atoms with Gasteiger partial charge in [0, 0.05) is 50.0 Å². The number of nitrogens with zero attached hydrogens (tertiary/aromatic N) is 6. The van der Waals surface area contributed by atoms with E-state index in [1.54, 1.807) is 13.2 Å². The molecule has 3 N–H and O–H groups in total. The van der Waals surface area contributed by atoms with E-state index >= 15 is 0 Å². The van der Waals surface area contributed by atoms with Gasteiger partial charge in [0.2, 0.25) is 5.95 Å². The second-order valence-electron chi connectivity index (χ2n) is 12.4. The van der Waals surface area contributed by atoms with Gasteiger partial charge in [-0.15, -0.1) is 0 Å². The van der Waals surface area contributed by atoms with Crippen molar-refractivity contribution in [3.63, 3.8) is 0 Å². The van der Waals surface area contributed by atoms with E-state index in [1.165, 1.54) is 30.2 Å². The van der Waals surface area contributed by atoms with Crippen molar-refractivity contribution in [2.75, 3.05) is 37.5 Å². The van der Waals surface area contributed by atoms with E-state index in [4.69, 9.17) is 4.74 Å². The van der Waals surface area contributed by atoms with Gasteiger partial charge in [-0.2, -0.15) is 18.2 Å². The minimum Gasteiger partial charge on any atom is -0.480 e. The number of rotatable bonds is 11. The highest BCUT2D eigenvalue weighted by atomic mass is 19.4. The molecule has 46 heavy (non-hydrogen) atoms. The molecule has 2 aliphatic rings. The lowest BCUT2D eigenvalue weighted by atomic mass is 9.86. The van der Waals surface area contributed by atoms with Crippen LogP contribution in [0, 0.1) is 5.41 Å². The molecule has 0 bridgehead atoms. The van der Waals surface area contributed by atoms with Crippen LogP contribution in [0.3, 0.4) is 0 Å². The zero-order chi connectivity index (χ0) is 32.8. The van der Waals surface area contributed by atoms with E-state index in [0.717, 1.165) is 31.7 Å². The molecule has 4 aromatic heterocycles. The van der Waals surface area contributed by atoms with Gasteiger partial charge in [-0.3, -0.25) is 15.1 Å². The molecule has 4 heterocycles. The fraction of sp³-hybridized carbons (Fsp3) is 0.484. The van der Waals surface area contributed by atoms with Crippen LogP contribution in [-0.4, -0.2) is 73.8 Å². The maximum atomic E-state index is 14.1. The summed E-state index contributed by atoms with van der Waals surface area (Å²) in [5, 5.41) is 11.9. The molecule has 15 heteroatoms. The summed E-state index contributed by atoms with van der Waals surface area (Å²) in [5.74, 6) is -1.86. The summed E-state index contributed by atoms with van der Waals surface area (Å²) >= 11 is 0. The number of aromatic amines is 1. The normalized spacial score (nSPS) is 16.9. The molecule has 12 nitrogen and oxygen atoms in total. The van der Waals surface area contributed by atoms with Crippen LogP contribution in [0.1, 0.15) is 79.2 Å². The first-order chi connectivity index (χ1) is 21.9. The zero-order valence-corrected chi connectivity index (χ0v) is 25.7. The lowest BCUT2D eigenvalue weighted by Gasteiger charge is -2.34. The number of methoxy groups -OCH3 is 1. The molecule has 1 atom stereocenters. The van der Waals surface area contributed by atoms with Crippen LogP contribution in [0.2, 0.25) is 0 Å². The molecular formula is C31H35F3N8O4. The molecule has 2 aliphatic carbocycles. The second kappa shape index (κ2) is 12.0. The lowest BCUT2D eigenvalue weighted by molar-refractivity contribution is -0.140. The number of amides is 1. The Morgan fingerprint density at radius 3 is 2.61 bits per heavy atom. The highest BCUT2D eigenvalue weighted by Gasteiger charge is 2.40. The first kappa shape index (κ1) is 31.5. The van der Waals surface area contributed by atoms with Gasteiger partial charge in [0.05, 0.1) is 35.6 Å². The highest BCUT2D eigenvalue weighted by molar-refractivity contribution is 6.03. The Balaban J connectivity index is 1.39. The average molecular weight is 641 g/mol. The van der Waals surface area contributed by atoms with Gasteiger partial charge in [0.25, 0.3) is 5.91 Å². The van der Waals surface area contributed by atoms with E-state index in [2.05, 4.69) is 30.2 Å². The number of nitrogens with one attached hydrogen (secondary N) is 2. The van der Waals surface area contributed by atoms with Crippen molar-refractivity contribution < 1.29 is 32.6 Å². The monoisotopic (exact) mass is 640 g/mol. The first-order valence-electron chi connectivity index (χ1n) is 15.1. The van der Waals surface area contributed by atoms with Gasteiger partial charge >= 0.3 is 12.1 Å². The second-order valence-corrected chi connectivity index (χ2v) is 12.4. The smallest absolute Gasteiger partial charge is 0.418 e. The number of imidazole rings is 2. The predicted molar refractivity (Wildman–Crippen MR) is 163 cm³/mol. The number of pyridine rings is 2. The van der Waals surface area contributed by atoms with Crippen molar-refractivity contribution in [1.29, 1.82) is 0 Å². The van der Waals surface area contributed by atoms with Gasteiger partial charge in [-0.25, -0.2) is 14.8 Å². The minimum absolute atomic E-state index is 0.0243. The molecule has 0 aliphatic heterocycles. The quantitative estimate of drug-likeness (QED) is 0.189. The van der Waals surface area contributed by atoms with Crippen LogP contribution in [0.5, 0.6) is 0 Å². The summed E-state index contributed by atoms with van der Waals surface area (Å²) in [6.45, 7) is 2.64. The van der Waals surface area contributed by atoms with Gasteiger partial charge in [-0.05, 0) is 44.7 Å². The van der Waals surface area contributed by atoms with Crippen molar-refractivity contribution in [2.45, 2.75) is 63.6 Å². The Kier molecular flexibility index (Phi) is 8.21. The molecular weight excluding hydrogens is 605 g/mol. The van der Waals surface area contributed by atoms with E-state index < -0.39 is 29.7 Å². The largest absolute Gasteiger partial charge is 0.480 e. The number of ether oxygens (including phenoxy) is 1. The number of carboxylic acid groups (broad SMARTS) is 1. The Labute approximate surface area is 262 Å². The van der Waals surface area contributed by atoms with Gasteiger partial charge in [-0.1, -0.05) is 12.8 Å². The van der Waals surface area contributed by atoms with Crippen LogP contribution in [0.25, 0.3) is 22.4 Å². The number of aliphatic carboxylic acids is 1. The molecule has 6 rings (SSSR count). The van der Waals surface area contributed by atoms with Gasteiger partial charge < -0.3 is 24.3 Å². The summed E-state index contributed by atoms with van der Waals surface area (Å²) in [4.78, 5) is 46.8. The summed E-state index contributed by atoms with van der Waals surface area (Å²) in [6.07, 6.45) is 4.90. The third kappa shape index (κ3) is 6.28. The van der Waals surface area contributed by atoms with Crippen molar-refractivity contribution in [3.8, 4) is 11.3 Å². The summed E-state index contributed by atoms with van der Waals surface area (Å²) in [7, 11) is 3.58. The highest BCUT2D eigenvalue weighted by Crippen LogP contribution is 2.46. The third-order valence-corrected chi connectivity index (χ3v) is 8.89. The number of carbonyl (C=O) groups is 2. The molecule has 0 aromatic carbocycles. The fourth-order valence-corrected chi connectivity index (χ4v) is 6.34. The molecule has 1 amide bonds. The number of hydrogen-bond acceptors (Lipinski definition) is 8. The number of H-pyrrole nitrogens is 1. The Morgan fingerprint density at radius 2 is 1.96 bits per heavy atom. The van der Waals surface area contributed by atoms with Crippen molar-refractivity contribution >= 4 is 34.7 Å². The number of alkyl halides is 3. The van der Waals surface area contributed by atoms with Crippen LogP contribution < -0.4 is 10.2 Å². The van der Waals surface area contributed by atoms with Crippen molar-refractivity contribution in [1.82, 2.24) is 29.5 Å². The number of aromatic nitrogens is 6. The van der Waals surface area contributed by atoms with E-state index in [-0.39, 0.29) is 45.6 Å². The Bertz CT molecular complexity index is 1770. The molecule has 4 aromatic rings. The number of carbonyl (C=O) groups excluding carboxylic acids is 1. The molecule has 1 unspecified atom stereocenters. The maximum absolute atomic E-state index is 14.1. The number of fused-ring (bicyclic) bond motifs is 1. The first-order valence-corrected chi connectivity index (χ1v) is 15.1. The van der Waals surface area contributed by atoms with Crippen LogP contribution in [0.4, 0.5) is 24.8 Å². The average Bonchev–Trinajstić information content (AvgIpc) is 3.35. The molecule has 244 valence electrons. The fourth-order valence-electron chi connectivity index (χ4n) is 6.34. The standard InChI is InChI=1S/C31H35F3N8O4/c1-17(28(44)45)42-13-22(36-16-42)27(43)40-29-38-25-23(41(2)14-30(15-46-3)8-4-5-9-30)11-21(37-26(25)39-29)19-10-20(31(32,33)34)24(35-12-19)18-6-7-18/h10-13,16-18H,4-9,14-15H2,1-3H3,(H,44,45)(H2,37,38,39,40,43).